The van der Waals surface area contributed by atoms with E-state index in [2.05, 4.69) is 10.3 Å². The number of carbonyl (C=O) groups is 1. The van der Waals surface area contributed by atoms with E-state index in [1.54, 1.807) is 16.7 Å². The molecule has 2 aromatic carbocycles. The average molecular weight is 394 g/mol. The molecule has 5 rings (SSSR count). The Morgan fingerprint density at radius 1 is 1.14 bits per heavy atom. The maximum atomic E-state index is 13.2. The van der Waals surface area contributed by atoms with Gasteiger partial charge in [-0.1, -0.05) is 23.0 Å². The number of aryl methyl sites for hydroxylation is 1. The second-order valence-electron chi connectivity index (χ2n) is 6.78. The lowest BCUT2D eigenvalue weighted by Gasteiger charge is -2.25. The molecule has 0 fully saturated rings. The quantitative estimate of drug-likeness (QED) is 0.681. The number of benzene rings is 2. The van der Waals surface area contributed by atoms with Crippen molar-refractivity contribution in [2.45, 2.75) is 13.6 Å². The summed E-state index contributed by atoms with van der Waals surface area (Å²) in [6.07, 6.45) is 0. The third kappa shape index (κ3) is 2.56. The summed E-state index contributed by atoms with van der Waals surface area (Å²) < 4.78 is 15.1. The summed E-state index contributed by atoms with van der Waals surface area (Å²) in [5, 5.41) is 2.83. The molecule has 1 N–H and O–H groups in total. The first-order valence-electron chi connectivity index (χ1n) is 8.72. The Morgan fingerprint density at radius 2 is 1.93 bits per heavy atom. The van der Waals surface area contributed by atoms with Gasteiger partial charge in [0.1, 0.15) is 23.7 Å². The lowest BCUT2D eigenvalue weighted by molar-refractivity contribution is -0.110. The zero-order chi connectivity index (χ0) is 19.4. The number of hydrogen-bond acceptors (Lipinski definition) is 5. The van der Waals surface area contributed by atoms with Gasteiger partial charge in [0, 0.05) is 16.9 Å². The van der Waals surface area contributed by atoms with E-state index < -0.39 is 0 Å². The van der Waals surface area contributed by atoms with Crippen LogP contribution in [0, 0.1) is 12.7 Å². The van der Waals surface area contributed by atoms with E-state index in [1.807, 2.05) is 30.0 Å². The van der Waals surface area contributed by atoms with Crippen LogP contribution in [0.4, 0.5) is 15.8 Å². The molecule has 1 amide bonds. The molecule has 0 bridgehead atoms. The standard InChI is InChI=1S/C20H15FN4O2S/c1-11-2-7-15-14(8-11)16(18(26)23-15)17-19(27)25-10-24(9-22-20(25)28-17)13-5-3-12(21)4-6-13/h2-8H,9-10H2,1H3,(H,23,26)/b17-16-. The molecule has 0 aliphatic carbocycles. The number of anilines is 2. The minimum atomic E-state index is -0.314. The Hall–Kier alpha value is -3.26. The highest BCUT2D eigenvalue weighted by atomic mass is 32.1. The van der Waals surface area contributed by atoms with Gasteiger partial charge in [-0.3, -0.25) is 14.2 Å². The highest BCUT2D eigenvalue weighted by molar-refractivity contribution is 7.07. The molecule has 0 unspecified atom stereocenters. The topological polar surface area (TPSA) is 66.7 Å². The predicted molar refractivity (Wildman–Crippen MR) is 105 cm³/mol. The van der Waals surface area contributed by atoms with Gasteiger partial charge in [0.2, 0.25) is 0 Å². The zero-order valence-electron chi connectivity index (χ0n) is 14.9. The summed E-state index contributed by atoms with van der Waals surface area (Å²) in [7, 11) is 0. The molecule has 0 saturated heterocycles. The molecule has 2 aliphatic heterocycles. The molecule has 3 heterocycles. The van der Waals surface area contributed by atoms with Crippen LogP contribution in [0.3, 0.4) is 0 Å². The maximum Gasteiger partial charge on any atom is 0.272 e. The number of rotatable bonds is 1. The SMILES string of the molecule is Cc1ccc2c(c1)/C(=c1/sc3n(c1=O)CN(c1ccc(F)cc1)CN=3)C(=O)N2. The first-order chi connectivity index (χ1) is 13.5. The minimum Gasteiger partial charge on any atom is -0.334 e. The van der Waals surface area contributed by atoms with Crippen LogP contribution >= 0.6 is 11.3 Å². The van der Waals surface area contributed by atoms with Gasteiger partial charge in [-0.05, 0) is 43.3 Å². The number of fused-ring (bicyclic) bond motifs is 2. The van der Waals surface area contributed by atoms with Crippen molar-refractivity contribution in [1.29, 1.82) is 0 Å². The lowest BCUT2D eigenvalue weighted by Crippen LogP contribution is -2.43. The van der Waals surface area contributed by atoms with Crippen LogP contribution in [0.15, 0.2) is 52.3 Å². The van der Waals surface area contributed by atoms with Crippen molar-refractivity contribution in [1.82, 2.24) is 4.57 Å². The Kier molecular flexibility index (Phi) is 3.70. The Balaban J connectivity index is 1.65. The summed E-state index contributed by atoms with van der Waals surface area (Å²) in [4.78, 5) is 32.6. The third-order valence-corrected chi connectivity index (χ3v) is 6.01. The molecular formula is C20H15FN4O2S. The predicted octanol–water partition coefficient (Wildman–Crippen LogP) is 1.56. The van der Waals surface area contributed by atoms with Gasteiger partial charge >= 0.3 is 0 Å². The molecular weight excluding hydrogens is 379 g/mol. The molecule has 6 nitrogen and oxygen atoms in total. The summed E-state index contributed by atoms with van der Waals surface area (Å²) >= 11 is 1.23. The Morgan fingerprint density at radius 3 is 2.71 bits per heavy atom. The number of hydrogen-bond donors (Lipinski definition) is 1. The lowest BCUT2D eigenvalue weighted by atomic mass is 10.1. The van der Waals surface area contributed by atoms with Gasteiger partial charge in [0.25, 0.3) is 11.5 Å². The summed E-state index contributed by atoms with van der Waals surface area (Å²) in [5.74, 6) is -0.585. The minimum absolute atomic E-state index is 0.241. The van der Waals surface area contributed by atoms with Gasteiger partial charge in [0.05, 0.1) is 5.57 Å². The van der Waals surface area contributed by atoms with Crippen molar-refractivity contribution >= 4 is 34.2 Å². The highest BCUT2D eigenvalue weighted by Gasteiger charge is 2.28. The van der Waals surface area contributed by atoms with Gasteiger partial charge in [-0.2, -0.15) is 0 Å². The number of carbonyl (C=O) groups excluding carboxylic acids is 1. The van der Waals surface area contributed by atoms with Crippen LogP contribution in [-0.2, 0) is 11.5 Å². The number of halogens is 1. The van der Waals surface area contributed by atoms with Crippen molar-refractivity contribution in [3.8, 4) is 0 Å². The highest BCUT2D eigenvalue weighted by Crippen LogP contribution is 2.30. The number of aromatic nitrogens is 1. The third-order valence-electron chi connectivity index (χ3n) is 4.89. The summed E-state index contributed by atoms with van der Waals surface area (Å²) in [5.41, 5.74) is 3.42. The van der Waals surface area contributed by atoms with Gasteiger partial charge in [-0.25, -0.2) is 9.38 Å². The van der Waals surface area contributed by atoms with E-state index in [0.717, 1.165) is 16.8 Å². The smallest absolute Gasteiger partial charge is 0.272 e. The molecule has 0 spiro atoms. The average Bonchev–Trinajstić information content (AvgIpc) is 3.17. The van der Waals surface area contributed by atoms with E-state index >= 15 is 0 Å². The van der Waals surface area contributed by atoms with E-state index in [1.165, 1.54) is 23.5 Å². The second kappa shape index (κ2) is 6.13. The fourth-order valence-corrected chi connectivity index (χ4v) is 4.54. The molecule has 140 valence electrons. The van der Waals surface area contributed by atoms with Gasteiger partial charge in [-0.15, -0.1) is 0 Å². The van der Waals surface area contributed by atoms with Crippen LogP contribution in [0.2, 0.25) is 0 Å². The van der Waals surface area contributed by atoms with Crippen molar-refractivity contribution in [3.63, 3.8) is 0 Å². The fourth-order valence-electron chi connectivity index (χ4n) is 3.48. The van der Waals surface area contributed by atoms with Crippen molar-refractivity contribution < 1.29 is 9.18 Å². The number of thiazole rings is 1. The Labute approximate surface area is 162 Å². The number of nitrogens with zero attached hydrogens (tertiary/aromatic N) is 3. The molecule has 28 heavy (non-hydrogen) atoms. The molecule has 0 atom stereocenters. The molecule has 3 aromatic rings. The van der Waals surface area contributed by atoms with E-state index in [-0.39, 0.29) is 17.3 Å². The first kappa shape index (κ1) is 16.9. The van der Waals surface area contributed by atoms with Crippen LogP contribution in [0.1, 0.15) is 11.1 Å². The van der Waals surface area contributed by atoms with Gasteiger partial charge < -0.3 is 10.2 Å². The van der Waals surface area contributed by atoms with Crippen molar-refractivity contribution in [2.75, 3.05) is 16.9 Å². The van der Waals surface area contributed by atoms with Crippen LogP contribution in [-0.4, -0.2) is 17.1 Å². The molecule has 0 saturated carbocycles. The number of nitrogens with one attached hydrogen (secondary N) is 1. The first-order valence-corrected chi connectivity index (χ1v) is 9.54. The van der Waals surface area contributed by atoms with Crippen molar-refractivity contribution in [3.05, 3.63) is 79.1 Å². The second-order valence-corrected chi connectivity index (χ2v) is 7.76. The van der Waals surface area contributed by atoms with Crippen LogP contribution < -0.4 is 25.1 Å². The summed E-state index contributed by atoms with van der Waals surface area (Å²) in [6.45, 7) is 2.61. The van der Waals surface area contributed by atoms with Crippen LogP contribution in [0.5, 0.6) is 0 Å². The number of amides is 1. The molecule has 8 heteroatoms. The largest absolute Gasteiger partial charge is 0.334 e. The van der Waals surface area contributed by atoms with Crippen molar-refractivity contribution in [2.24, 2.45) is 4.99 Å². The van der Waals surface area contributed by atoms with Crippen LogP contribution in [0.25, 0.3) is 5.57 Å². The molecule has 1 aromatic heterocycles. The van der Waals surface area contributed by atoms with E-state index in [4.69, 9.17) is 0 Å². The zero-order valence-corrected chi connectivity index (χ0v) is 15.7. The molecule has 2 aliphatic rings. The van der Waals surface area contributed by atoms with Gasteiger partial charge in [0.15, 0.2) is 4.80 Å². The van der Waals surface area contributed by atoms with E-state index in [9.17, 15) is 14.0 Å². The maximum absolute atomic E-state index is 13.2. The Bertz CT molecular complexity index is 1310. The molecule has 0 radical (unpaired) electrons. The normalized spacial score (nSPS) is 17.1. The van der Waals surface area contributed by atoms with E-state index in [0.29, 0.717) is 33.9 Å². The fraction of sp³-hybridized carbons (Fsp3) is 0.150. The summed E-state index contributed by atoms with van der Waals surface area (Å²) in [6, 6.07) is 11.8. The monoisotopic (exact) mass is 394 g/mol.